The highest BCUT2D eigenvalue weighted by molar-refractivity contribution is 5.96. The molecule has 1 aliphatic rings. The van der Waals surface area contributed by atoms with E-state index in [1.54, 1.807) is 13.0 Å². The van der Waals surface area contributed by atoms with Gasteiger partial charge in [-0.25, -0.2) is 4.39 Å². The fraction of sp³-hybridized carbons (Fsp3) is 0.429. The van der Waals surface area contributed by atoms with E-state index in [2.05, 4.69) is 5.32 Å². The van der Waals surface area contributed by atoms with Crippen LogP contribution in [0.4, 0.5) is 4.39 Å². The van der Waals surface area contributed by atoms with Crippen molar-refractivity contribution in [1.29, 1.82) is 0 Å². The molecular formula is C14H17FN2O2. The molecule has 0 heterocycles. The summed E-state index contributed by atoms with van der Waals surface area (Å²) in [4.78, 5) is 24.9. The van der Waals surface area contributed by atoms with Crippen LogP contribution in [0.5, 0.6) is 0 Å². The molecule has 0 aliphatic heterocycles. The van der Waals surface area contributed by atoms with E-state index in [9.17, 15) is 14.0 Å². The number of halogens is 1. The molecule has 4 nitrogen and oxygen atoms in total. The number of rotatable bonds is 4. The molecule has 19 heavy (non-hydrogen) atoms. The number of hydrogen-bond acceptors (Lipinski definition) is 2. The van der Waals surface area contributed by atoms with Crippen LogP contribution in [0, 0.1) is 12.7 Å². The van der Waals surface area contributed by atoms with Crippen molar-refractivity contribution in [2.45, 2.75) is 25.8 Å². The lowest BCUT2D eigenvalue weighted by Crippen LogP contribution is -2.39. The number of likely N-dealkylation sites (N-methyl/N-ethyl adjacent to an activating group) is 1. The van der Waals surface area contributed by atoms with Crippen LogP contribution in [0.1, 0.15) is 28.8 Å². The van der Waals surface area contributed by atoms with Crippen LogP contribution in [-0.2, 0) is 4.79 Å². The lowest BCUT2D eigenvalue weighted by molar-refractivity contribution is -0.121. The van der Waals surface area contributed by atoms with Gasteiger partial charge in [-0.05, 0) is 31.9 Å². The van der Waals surface area contributed by atoms with Crippen LogP contribution < -0.4 is 5.32 Å². The molecule has 0 unspecified atom stereocenters. The van der Waals surface area contributed by atoms with Crippen molar-refractivity contribution in [2.75, 3.05) is 13.6 Å². The lowest BCUT2D eigenvalue weighted by atomic mass is 10.1. The van der Waals surface area contributed by atoms with Gasteiger partial charge in [-0.3, -0.25) is 9.59 Å². The minimum absolute atomic E-state index is 0.00159. The molecule has 1 aromatic rings. The maximum Gasteiger partial charge on any atom is 0.257 e. The Morgan fingerprint density at radius 1 is 1.42 bits per heavy atom. The zero-order valence-electron chi connectivity index (χ0n) is 11.1. The smallest absolute Gasteiger partial charge is 0.257 e. The van der Waals surface area contributed by atoms with E-state index in [0.29, 0.717) is 0 Å². The van der Waals surface area contributed by atoms with Gasteiger partial charge in [-0.1, -0.05) is 11.6 Å². The van der Waals surface area contributed by atoms with E-state index in [4.69, 9.17) is 0 Å². The summed E-state index contributed by atoms with van der Waals surface area (Å²) in [6.45, 7) is 1.73. The van der Waals surface area contributed by atoms with Gasteiger partial charge in [0.2, 0.25) is 5.91 Å². The molecule has 2 amide bonds. The number of carbonyl (C=O) groups is 2. The number of amides is 2. The molecule has 1 N–H and O–H groups in total. The van der Waals surface area contributed by atoms with Gasteiger partial charge in [0.05, 0.1) is 12.1 Å². The number of aryl methyl sites for hydroxylation is 1. The van der Waals surface area contributed by atoms with Gasteiger partial charge in [0.1, 0.15) is 5.82 Å². The predicted octanol–water partition coefficient (Wildman–Crippen LogP) is 1.48. The second-order valence-electron chi connectivity index (χ2n) is 4.99. The topological polar surface area (TPSA) is 49.4 Å². The largest absolute Gasteiger partial charge is 0.352 e. The third-order valence-corrected chi connectivity index (χ3v) is 3.02. The van der Waals surface area contributed by atoms with Gasteiger partial charge in [-0.15, -0.1) is 0 Å². The molecule has 2 rings (SSSR count). The summed E-state index contributed by atoms with van der Waals surface area (Å²) >= 11 is 0. The highest BCUT2D eigenvalue weighted by Gasteiger charge is 2.25. The van der Waals surface area contributed by atoms with E-state index in [1.807, 2.05) is 0 Å². The van der Waals surface area contributed by atoms with E-state index in [-0.39, 0.29) is 24.1 Å². The summed E-state index contributed by atoms with van der Waals surface area (Å²) in [6, 6.07) is 4.62. The first-order valence-corrected chi connectivity index (χ1v) is 6.28. The molecule has 1 saturated carbocycles. The summed E-state index contributed by atoms with van der Waals surface area (Å²) in [5.74, 6) is -1.25. The molecule has 0 aromatic heterocycles. The number of nitrogens with one attached hydrogen (secondary N) is 1. The maximum atomic E-state index is 13.6. The van der Waals surface area contributed by atoms with E-state index < -0.39 is 11.7 Å². The average Bonchev–Trinajstić information content (AvgIpc) is 3.15. The first-order chi connectivity index (χ1) is 8.97. The Labute approximate surface area is 111 Å². The van der Waals surface area contributed by atoms with Gasteiger partial charge in [0, 0.05) is 13.1 Å². The van der Waals surface area contributed by atoms with Gasteiger partial charge in [0.15, 0.2) is 0 Å². The highest BCUT2D eigenvalue weighted by atomic mass is 19.1. The highest BCUT2D eigenvalue weighted by Crippen LogP contribution is 2.18. The molecule has 0 atom stereocenters. The fourth-order valence-corrected chi connectivity index (χ4v) is 1.80. The van der Waals surface area contributed by atoms with Crippen LogP contribution in [-0.4, -0.2) is 36.3 Å². The molecule has 1 fully saturated rings. The minimum Gasteiger partial charge on any atom is -0.352 e. The lowest BCUT2D eigenvalue weighted by Gasteiger charge is -2.17. The molecule has 0 spiro atoms. The monoisotopic (exact) mass is 264 g/mol. The van der Waals surface area contributed by atoms with Crippen molar-refractivity contribution in [3.05, 3.63) is 35.1 Å². The zero-order chi connectivity index (χ0) is 14.0. The molecule has 1 aliphatic carbocycles. The van der Waals surface area contributed by atoms with Gasteiger partial charge >= 0.3 is 0 Å². The fourth-order valence-electron chi connectivity index (χ4n) is 1.80. The Morgan fingerprint density at radius 2 is 2.11 bits per heavy atom. The van der Waals surface area contributed by atoms with Crippen molar-refractivity contribution in [1.82, 2.24) is 10.2 Å². The van der Waals surface area contributed by atoms with Crippen molar-refractivity contribution in [3.63, 3.8) is 0 Å². The third-order valence-electron chi connectivity index (χ3n) is 3.02. The summed E-state index contributed by atoms with van der Waals surface area (Å²) < 4.78 is 13.6. The Hall–Kier alpha value is -1.91. The molecule has 0 radical (unpaired) electrons. The second-order valence-corrected chi connectivity index (χ2v) is 4.99. The first kappa shape index (κ1) is 13.5. The molecule has 0 saturated heterocycles. The Balaban J connectivity index is 2.01. The van der Waals surface area contributed by atoms with Crippen LogP contribution in [0.2, 0.25) is 0 Å². The summed E-state index contributed by atoms with van der Waals surface area (Å²) in [6.07, 6.45) is 1.99. The summed E-state index contributed by atoms with van der Waals surface area (Å²) in [7, 11) is 1.50. The van der Waals surface area contributed by atoms with Gasteiger partial charge in [-0.2, -0.15) is 0 Å². The minimum atomic E-state index is -0.565. The van der Waals surface area contributed by atoms with Crippen LogP contribution in [0.15, 0.2) is 18.2 Å². The molecular weight excluding hydrogens is 247 g/mol. The van der Waals surface area contributed by atoms with Crippen molar-refractivity contribution < 1.29 is 14.0 Å². The van der Waals surface area contributed by atoms with Crippen molar-refractivity contribution >= 4 is 11.8 Å². The quantitative estimate of drug-likeness (QED) is 0.895. The van der Waals surface area contributed by atoms with Crippen LogP contribution in [0.25, 0.3) is 0 Å². The molecule has 5 heteroatoms. The predicted molar refractivity (Wildman–Crippen MR) is 69.3 cm³/mol. The Morgan fingerprint density at radius 3 is 2.74 bits per heavy atom. The Bertz CT molecular complexity index is 512. The van der Waals surface area contributed by atoms with Crippen molar-refractivity contribution in [2.24, 2.45) is 0 Å². The number of nitrogens with zero attached hydrogens (tertiary/aromatic N) is 1. The SMILES string of the molecule is Cc1ccc(F)c(C(=O)N(C)CC(=O)NC2CC2)c1. The summed E-state index contributed by atoms with van der Waals surface area (Å²) in [5, 5.41) is 2.79. The van der Waals surface area contributed by atoms with Gasteiger partial charge < -0.3 is 10.2 Å². The van der Waals surface area contributed by atoms with Crippen LogP contribution in [0.3, 0.4) is 0 Å². The molecule has 102 valence electrons. The van der Waals surface area contributed by atoms with E-state index >= 15 is 0 Å². The maximum absolute atomic E-state index is 13.6. The van der Waals surface area contributed by atoms with Crippen molar-refractivity contribution in [3.8, 4) is 0 Å². The zero-order valence-corrected chi connectivity index (χ0v) is 11.1. The summed E-state index contributed by atoms with van der Waals surface area (Å²) in [5.41, 5.74) is 0.808. The van der Waals surface area contributed by atoms with E-state index in [0.717, 1.165) is 18.4 Å². The number of hydrogen-bond donors (Lipinski definition) is 1. The van der Waals surface area contributed by atoms with Gasteiger partial charge in [0.25, 0.3) is 5.91 Å². The number of carbonyl (C=O) groups excluding carboxylic acids is 2. The average molecular weight is 264 g/mol. The normalized spacial score (nSPS) is 14.1. The first-order valence-electron chi connectivity index (χ1n) is 6.28. The molecule has 0 bridgehead atoms. The standard InChI is InChI=1S/C14H17FN2O2/c1-9-3-6-12(15)11(7-9)14(19)17(2)8-13(18)16-10-4-5-10/h3,6-7,10H,4-5,8H2,1-2H3,(H,16,18). The van der Waals surface area contributed by atoms with E-state index in [1.165, 1.54) is 24.1 Å². The third kappa shape index (κ3) is 3.53. The molecule has 1 aromatic carbocycles. The Kier molecular flexibility index (Phi) is 3.83. The second kappa shape index (κ2) is 5.38. The van der Waals surface area contributed by atoms with Crippen LogP contribution >= 0.6 is 0 Å². The number of benzene rings is 1.